The normalized spacial score (nSPS) is 11.9. The minimum atomic E-state index is -3.57. The zero-order chi connectivity index (χ0) is 12.5. The van der Waals surface area contributed by atoms with Crippen LogP contribution in [0, 0.1) is 6.92 Å². The van der Waals surface area contributed by atoms with Crippen molar-refractivity contribution in [2.45, 2.75) is 17.7 Å². The number of thiophene rings is 1. The zero-order valence-corrected chi connectivity index (χ0v) is 11.1. The number of aromatic nitrogens is 2. The quantitative estimate of drug-likeness (QED) is 0.925. The van der Waals surface area contributed by atoms with Crippen molar-refractivity contribution in [3.63, 3.8) is 0 Å². The summed E-state index contributed by atoms with van der Waals surface area (Å²) in [5.74, 6) is 0.604. The lowest BCUT2D eigenvalue weighted by Gasteiger charge is -2.00. The maximum atomic E-state index is 11.8. The molecular weight excluding hydrogens is 286 g/mol. The van der Waals surface area contributed by atoms with Gasteiger partial charge in [0.05, 0.1) is 10.9 Å². The number of nitrogens with one attached hydrogen (secondary N) is 1. The van der Waals surface area contributed by atoms with Crippen molar-refractivity contribution >= 4 is 33.0 Å². The van der Waals surface area contributed by atoms with Crippen LogP contribution in [0.3, 0.4) is 0 Å². The Morgan fingerprint density at radius 2 is 2.24 bits per heavy atom. The molecule has 0 saturated carbocycles. The second-order valence-corrected chi connectivity index (χ2v) is 6.81. The Kier molecular flexibility index (Phi) is 3.48. The van der Waals surface area contributed by atoms with E-state index in [0.717, 1.165) is 11.3 Å². The summed E-state index contributed by atoms with van der Waals surface area (Å²) in [6.07, 6.45) is 0. The van der Waals surface area contributed by atoms with Gasteiger partial charge >= 0.3 is 0 Å². The largest absolute Gasteiger partial charge is 0.424 e. The van der Waals surface area contributed by atoms with Crippen molar-refractivity contribution in [3.05, 3.63) is 28.3 Å². The van der Waals surface area contributed by atoms with Crippen LogP contribution in [-0.2, 0) is 16.6 Å². The van der Waals surface area contributed by atoms with Crippen LogP contribution in [0.1, 0.15) is 11.8 Å². The van der Waals surface area contributed by atoms with Gasteiger partial charge in [-0.15, -0.1) is 21.5 Å². The van der Waals surface area contributed by atoms with Gasteiger partial charge in [0.15, 0.2) is 0 Å². The third-order valence-electron chi connectivity index (χ3n) is 1.79. The molecule has 6 nitrogen and oxygen atoms in total. The first-order valence-corrected chi connectivity index (χ1v) is 7.19. The highest BCUT2D eigenvalue weighted by molar-refractivity contribution is 7.91. The van der Waals surface area contributed by atoms with Crippen molar-refractivity contribution < 1.29 is 12.8 Å². The first-order valence-electron chi connectivity index (χ1n) is 4.51. The Morgan fingerprint density at radius 3 is 2.76 bits per heavy atom. The third-order valence-corrected chi connectivity index (χ3v) is 4.92. The van der Waals surface area contributed by atoms with E-state index in [4.69, 9.17) is 16.0 Å². The van der Waals surface area contributed by atoms with E-state index in [0.29, 0.717) is 10.2 Å². The highest BCUT2D eigenvalue weighted by Crippen LogP contribution is 2.25. The van der Waals surface area contributed by atoms with E-state index in [1.165, 1.54) is 12.1 Å². The number of aryl methyl sites for hydroxylation is 1. The summed E-state index contributed by atoms with van der Waals surface area (Å²) in [5, 5.41) is 7.28. The fraction of sp³-hybridized carbons (Fsp3) is 0.250. The minimum absolute atomic E-state index is 0.0430. The van der Waals surface area contributed by atoms with Crippen molar-refractivity contribution in [2.75, 3.05) is 0 Å². The first kappa shape index (κ1) is 12.5. The van der Waals surface area contributed by atoms with E-state index in [1.54, 1.807) is 6.92 Å². The summed E-state index contributed by atoms with van der Waals surface area (Å²) in [5.41, 5.74) is 0. The van der Waals surface area contributed by atoms with E-state index >= 15 is 0 Å². The molecule has 2 heterocycles. The molecule has 2 aromatic rings. The summed E-state index contributed by atoms with van der Waals surface area (Å²) < 4.78 is 31.5. The van der Waals surface area contributed by atoms with E-state index in [2.05, 4.69) is 14.9 Å². The van der Waals surface area contributed by atoms with Gasteiger partial charge in [-0.3, -0.25) is 0 Å². The molecule has 0 atom stereocenters. The van der Waals surface area contributed by atoms with Crippen LogP contribution in [0.15, 0.2) is 20.8 Å². The van der Waals surface area contributed by atoms with Gasteiger partial charge in [0.1, 0.15) is 4.21 Å². The Morgan fingerprint density at radius 1 is 1.47 bits per heavy atom. The lowest BCUT2D eigenvalue weighted by molar-refractivity contribution is 0.460. The molecule has 0 aliphatic rings. The van der Waals surface area contributed by atoms with Gasteiger partial charge in [-0.1, -0.05) is 11.6 Å². The summed E-state index contributed by atoms with van der Waals surface area (Å²) in [6, 6.07) is 2.96. The summed E-state index contributed by atoms with van der Waals surface area (Å²) in [4.78, 5) is 0. The van der Waals surface area contributed by atoms with Crippen LogP contribution in [-0.4, -0.2) is 18.6 Å². The van der Waals surface area contributed by atoms with Crippen LogP contribution < -0.4 is 4.72 Å². The molecule has 0 bridgehead atoms. The fourth-order valence-electron chi connectivity index (χ4n) is 1.08. The Hall–Kier alpha value is -0.960. The first-order chi connectivity index (χ1) is 7.97. The summed E-state index contributed by atoms with van der Waals surface area (Å²) in [7, 11) is -3.57. The van der Waals surface area contributed by atoms with Gasteiger partial charge in [-0.05, 0) is 12.1 Å². The molecule has 2 rings (SSSR count). The van der Waals surface area contributed by atoms with Crippen molar-refractivity contribution in [2.24, 2.45) is 0 Å². The molecule has 0 fully saturated rings. The topological polar surface area (TPSA) is 85.1 Å². The van der Waals surface area contributed by atoms with Gasteiger partial charge in [0.25, 0.3) is 10.0 Å². The van der Waals surface area contributed by atoms with Crippen molar-refractivity contribution in [1.82, 2.24) is 14.9 Å². The highest BCUT2D eigenvalue weighted by Gasteiger charge is 2.17. The molecular formula is C8H8ClN3O3S2. The lowest BCUT2D eigenvalue weighted by Crippen LogP contribution is -2.22. The Bertz CT molecular complexity index is 620. The smallest absolute Gasteiger partial charge is 0.250 e. The predicted octanol–water partition coefficient (Wildman–Crippen LogP) is 1.57. The van der Waals surface area contributed by atoms with E-state index in [-0.39, 0.29) is 16.6 Å². The van der Waals surface area contributed by atoms with Crippen LogP contribution in [0.4, 0.5) is 0 Å². The highest BCUT2D eigenvalue weighted by atomic mass is 35.5. The number of rotatable bonds is 4. The van der Waals surface area contributed by atoms with Crippen molar-refractivity contribution in [1.29, 1.82) is 0 Å². The third kappa shape index (κ3) is 3.03. The molecule has 0 radical (unpaired) electrons. The van der Waals surface area contributed by atoms with Gasteiger partial charge in [0, 0.05) is 6.92 Å². The Labute approximate surface area is 107 Å². The number of hydrogen-bond acceptors (Lipinski definition) is 6. The number of hydrogen-bond donors (Lipinski definition) is 1. The molecule has 0 saturated heterocycles. The molecule has 1 N–H and O–H groups in total. The van der Waals surface area contributed by atoms with Crippen LogP contribution in [0.5, 0.6) is 0 Å². The van der Waals surface area contributed by atoms with E-state index < -0.39 is 10.0 Å². The lowest BCUT2D eigenvalue weighted by atomic mass is 10.7. The molecule has 0 aromatic carbocycles. The molecule has 0 amide bonds. The van der Waals surface area contributed by atoms with Crippen LogP contribution >= 0.6 is 22.9 Å². The standard InChI is InChI=1S/C8H8ClN3O3S2/c1-5-11-12-7(15-5)4-10-17(13,14)8-3-2-6(9)16-8/h2-3,10H,4H2,1H3. The summed E-state index contributed by atoms with van der Waals surface area (Å²) >= 11 is 6.66. The molecule has 2 aromatic heterocycles. The second-order valence-electron chi connectivity index (χ2n) is 3.10. The predicted molar refractivity (Wildman–Crippen MR) is 62.4 cm³/mol. The average Bonchev–Trinajstić information content (AvgIpc) is 2.85. The summed E-state index contributed by atoms with van der Waals surface area (Å²) in [6.45, 7) is 1.59. The zero-order valence-electron chi connectivity index (χ0n) is 8.68. The van der Waals surface area contributed by atoms with Crippen molar-refractivity contribution in [3.8, 4) is 0 Å². The van der Waals surface area contributed by atoms with Gasteiger partial charge in [0.2, 0.25) is 11.8 Å². The average molecular weight is 294 g/mol. The maximum absolute atomic E-state index is 11.8. The fourth-order valence-corrected chi connectivity index (χ4v) is 3.58. The van der Waals surface area contributed by atoms with Gasteiger partial charge < -0.3 is 4.42 Å². The molecule has 0 aliphatic heterocycles. The molecule has 0 spiro atoms. The molecule has 17 heavy (non-hydrogen) atoms. The minimum Gasteiger partial charge on any atom is -0.424 e. The van der Waals surface area contributed by atoms with E-state index in [1.807, 2.05) is 0 Å². The number of sulfonamides is 1. The van der Waals surface area contributed by atoms with Crippen LogP contribution in [0.25, 0.3) is 0 Å². The van der Waals surface area contributed by atoms with E-state index in [9.17, 15) is 8.42 Å². The molecule has 0 aliphatic carbocycles. The molecule has 0 unspecified atom stereocenters. The number of halogens is 1. The molecule has 92 valence electrons. The second kappa shape index (κ2) is 4.73. The van der Waals surface area contributed by atoms with Gasteiger partial charge in [-0.25, -0.2) is 13.1 Å². The Balaban J connectivity index is 2.08. The van der Waals surface area contributed by atoms with Gasteiger partial charge in [-0.2, -0.15) is 0 Å². The number of nitrogens with zero attached hydrogens (tertiary/aromatic N) is 2. The SMILES string of the molecule is Cc1nnc(CNS(=O)(=O)c2ccc(Cl)s2)o1. The van der Waals surface area contributed by atoms with Crippen LogP contribution in [0.2, 0.25) is 4.34 Å². The molecule has 9 heteroatoms. The maximum Gasteiger partial charge on any atom is 0.250 e. The monoisotopic (exact) mass is 293 g/mol.